The molecular weight excluding hydrogens is 148 g/mol. The smallest absolute Gasteiger partial charge is 0.139 e. The Hall–Kier alpha value is -0.590. The van der Waals surface area contributed by atoms with Gasteiger partial charge in [-0.25, -0.2) is 0 Å². The minimum absolute atomic E-state index is 0.00694. The van der Waals surface area contributed by atoms with E-state index in [1.165, 1.54) is 12.8 Å². The van der Waals surface area contributed by atoms with Gasteiger partial charge in [0.1, 0.15) is 5.78 Å². The molecule has 1 heteroatoms. The summed E-state index contributed by atoms with van der Waals surface area (Å²) in [6, 6.07) is 0. The molecule has 1 nitrogen and oxygen atoms in total. The largest absolute Gasteiger partial charge is 0.299 e. The molecule has 1 fully saturated rings. The van der Waals surface area contributed by atoms with Crippen molar-refractivity contribution >= 4 is 5.78 Å². The maximum Gasteiger partial charge on any atom is 0.139 e. The zero-order chi connectivity index (χ0) is 8.60. The molecule has 0 spiro atoms. The van der Waals surface area contributed by atoms with Crippen LogP contribution in [0, 0.1) is 11.3 Å². The highest BCUT2D eigenvalue weighted by Crippen LogP contribution is 2.46. The summed E-state index contributed by atoms with van der Waals surface area (Å²) in [6.07, 6.45) is 9.77. The normalized spacial score (nSPS) is 41.1. The quantitative estimate of drug-likeness (QED) is 0.503. The molecule has 2 aliphatic carbocycles. The van der Waals surface area contributed by atoms with E-state index in [2.05, 4.69) is 19.1 Å². The molecule has 0 radical (unpaired) electrons. The van der Waals surface area contributed by atoms with Crippen molar-refractivity contribution in [2.75, 3.05) is 0 Å². The summed E-state index contributed by atoms with van der Waals surface area (Å²) in [5, 5.41) is 0. The second-order valence-corrected chi connectivity index (χ2v) is 4.33. The molecule has 2 rings (SSSR count). The van der Waals surface area contributed by atoms with Gasteiger partial charge in [0.15, 0.2) is 0 Å². The number of rotatable bonds is 0. The van der Waals surface area contributed by atoms with Gasteiger partial charge in [-0.15, -0.1) is 0 Å². The van der Waals surface area contributed by atoms with Gasteiger partial charge in [0, 0.05) is 11.8 Å². The van der Waals surface area contributed by atoms with E-state index < -0.39 is 0 Å². The van der Waals surface area contributed by atoms with Gasteiger partial charge < -0.3 is 0 Å². The van der Waals surface area contributed by atoms with Crippen molar-refractivity contribution in [2.24, 2.45) is 11.3 Å². The zero-order valence-corrected chi connectivity index (χ0v) is 7.68. The number of carbonyl (C=O) groups excluding carboxylic acids is 1. The molecule has 1 saturated carbocycles. The van der Waals surface area contributed by atoms with Crippen LogP contribution in [0.5, 0.6) is 0 Å². The highest BCUT2D eigenvalue weighted by Gasteiger charge is 2.44. The van der Waals surface area contributed by atoms with E-state index in [9.17, 15) is 4.79 Å². The molecular formula is C11H16O. The second-order valence-electron chi connectivity index (χ2n) is 4.33. The van der Waals surface area contributed by atoms with Gasteiger partial charge in [-0.05, 0) is 31.6 Å². The Labute approximate surface area is 73.8 Å². The summed E-state index contributed by atoms with van der Waals surface area (Å²) in [4.78, 5) is 11.6. The van der Waals surface area contributed by atoms with Gasteiger partial charge in [-0.2, -0.15) is 0 Å². The fraction of sp³-hybridized carbons (Fsp3) is 0.727. The van der Waals surface area contributed by atoms with Gasteiger partial charge in [0.2, 0.25) is 0 Å². The predicted molar refractivity (Wildman–Crippen MR) is 48.8 cm³/mol. The Morgan fingerprint density at radius 3 is 3.08 bits per heavy atom. The molecule has 2 atom stereocenters. The Morgan fingerprint density at radius 2 is 2.25 bits per heavy atom. The molecule has 0 unspecified atom stereocenters. The van der Waals surface area contributed by atoms with E-state index in [0.29, 0.717) is 11.7 Å². The molecule has 66 valence electrons. The van der Waals surface area contributed by atoms with Crippen LogP contribution in [0.25, 0.3) is 0 Å². The lowest BCUT2D eigenvalue weighted by atomic mass is 9.76. The Balaban J connectivity index is 2.27. The first kappa shape index (κ1) is 8.03. The molecule has 0 N–H and O–H groups in total. The monoisotopic (exact) mass is 164 g/mol. The third-order valence-corrected chi connectivity index (χ3v) is 3.65. The molecule has 12 heavy (non-hydrogen) atoms. The van der Waals surface area contributed by atoms with Crippen molar-refractivity contribution in [1.29, 1.82) is 0 Å². The van der Waals surface area contributed by atoms with Crippen LogP contribution in [0.2, 0.25) is 0 Å². The van der Waals surface area contributed by atoms with Gasteiger partial charge in [-0.1, -0.05) is 19.1 Å². The van der Waals surface area contributed by atoms with Crippen molar-refractivity contribution in [1.82, 2.24) is 0 Å². The number of allylic oxidation sites excluding steroid dienone is 2. The maximum atomic E-state index is 11.6. The van der Waals surface area contributed by atoms with Crippen LogP contribution in [0.3, 0.4) is 0 Å². The first-order chi connectivity index (χ1) is 5.73. The van der Waals surface area contributed by atoms with Gasteiger partial charge >= 0.3 is 0 Å². The van der Waals surface area contributed by atoms with E-state index in [1.54, 1.807) is 0 Å². The van der Waals surface area contributed by atoms with E-state index in [0.717, 1.165) is 19.3 Å². The van der Waals surface area contributed by atoms with E-state index in [4.69, 9.17) is 0 Å². The summed E-state index contributed by atoms with van der Waals surface area (Å²) in [5.74, 6) is 1.17. The molecule has 0 heterocycles. The van der Waals surface area contributed by atoms with Crippen LogP contribution in [0.4, 0.5) is 0 Å². The molecule has 0 aliphatic heterocycles. The lowest BCUT2D eigenvalue weighted by molar-refractivity contribution is -0.126. The minimum atomic E-state index is 0.00694. The standard InChI is InChI=1S/C11H16O/c1-11-8-4-2-3-5-9(11)6-7-10(11)12/h2,4,9H,3,5-8H2,1H3/t9-,11+/m1/s1. The number of Topliss-reactive ketones (excluding diaryl/α,β-unsaturated/α-hetero) is 1. The average Bonchev–Trinajstić information content (AvgIpc) is 2.24. The topological polar surface area (TPSA) is 17.1 Å². The van der Waals surface area contributed by atoms with E-state index in [1.807, 2.05) is 0 Å². The predicted octanol–water partition coefficient (Wildman–Crippen LogP) is 2.71. The van der Waals surface area contributed by atoms with Gasteiger partial charge in [-0.3, -0.25) is 4.79 Å². The summed E-state index contributed by atoms with van der Waals surface area (Å²) in [7, 11) is 0. The number of ketones is 1. The van der Waals surface area contributed by atoms with E-state index in [-0.39, 0.29) is 5.41 Å². The van der Waals surface area contributed by atoms with Crippen LogP contribution in [0.15, 0.2) is 12.2 Å². The molecule has 0 bridgehead atoms. The van der Waals surface area contributed by atoms with Crippen molar-refractivity contribution < 1.29 is 4.79 Å². The fourth-order valence-corrected chi connectivity index (χ4v) is 2.62. The number of fused-ring (bicyclic) bond motifs is 1. The maximum absolute atomic E-state index is 11.6. The Kier molecular flexibility index (Phi) is 1.82. The molecule has 0 aromatic rings. The van der Waals surface area contributed by atoms with Crippen molar-refractivity contribution in [3.8, 4) is 0 Å². The number of hydrogen-bond acceptors (Lipinski definition) is 1. The molecule has 0 amide bonds. The van der Waals surface area contributed by atoms with E-state index >= 15 is 0 Å². The van der Waals surface area contributed by atoms with Gasteiger partial charge in [0.25, 0.3) is 0 Å². The minimum Gasteiger partial charge on any atom is -0.299 e. The lowest BCUT2D eigenvalue weighted by Crippen LogP contribution is -2.27. The third-order valence-electron chi connectivity index (χ3n) is 3.65. The summed E-state index contributed by atoms with van der Waals surface area (Å²) in [6.45, 7) is 2.16. The summed E-state index contributed by atoms with van der Waals surface area (Å²) < 4.78 is 0. The summed E-state index contributed by atoms with van der Waals surface area (Å²) in [5.41, 5.74) is 0.00694. The first-order valence-corrected chi connectivity index (χ1v) is 4.92. The SMILES string of the molecule is C[C@]12CC=CCC[C@@H]1CCC2=O. The average molecular weight is 164 g/mol. The zero-order valence-electron chi connectivity index (χ0n) is 7.68. The van der Waals surface area contributed by atoms with Crippen LogP contribution < -0.4 is 0 Å². The second kappa shape index (κ2) is 2.72. The first-order valence-electron chi connectivity index (χ1n) is 4.92. The van der Waals surface area contributed by atoms with Gasteiger partial charge in [0.05, 0.1) is 0 Å². The van der Waals surface area contributed by atoms with Crippen LogP contribution in [0.1, 0.15) is 39.0 Å². The molecule has 0 aromatic heterocycles. The molecule has 2 aliphatic rings. The lowest BCUT2D eigenvalue weighted by Gasteiger charge is -2.27. The fourth-order valence-electron chi connectivity index (χ4n) is 2.62. The Bertz CT molecular complexity index is 229. The Morgan fingerprint density at radius 1 is 1.42 bits per heavy atom. The highest BCUT2D eigenvalue weighted by molar-refractivity contribution is 5.87. The van der Waals surface area contributed by atoms with Crippen molar-refractivity contribution in [2.45, 2.75) is 39.0 Å². The third kappa shape index (κ3) is 1.03. The molecule has 0 aromatic carbocycles. The number of hydrogen-bond donors (Lipinski definition) is 0. The number of carbonyl (C=O) groups is 1. The highest BCUT2D eigenvalue weighted by atomic mass is 16.1. The van der Waals surface area contributed by atoms with Crippen LogP contribution in [-0.4, -0.2) is 5.78 Å². The molecule has 0 saturated heterocycles. The van der Waals surface area contributed by atoms with Crippen molar-refractivity contribution in [3.05, 3.63) is 12.2 Å². The van der Waals surface area contributed by atoms with Crippen LogP contribution in [-0.2, 0) is 4.79 Å². The summed E-state index contributed by atoms with van der Waals surface area (Å²) >= 11 is 0. The van der Waals surface area contributed by atoms with Crippen LogP contribution >= 0.6 is 0 Å². The van der Waals surface area contributed by atoms with Crippen molar-refractivity contribution in [3.63, 3.8) is 0 Å².